The summed E-state index contributed by atoms with van der Waals surface area (Å²) in [6, 6.07) is 0. The average Bonchev–Trinajstić information content (AvgIpc) is 2.73. The molecule has 2 saturated heterocycles. The van der Waals surface area contributed by atoms with E-state index < -0.39 is 0 Å². The minimum absolute atomic E-state index is 0.101. The SMILES string of the molecule is CC(=O)N1CCc2nc([C@H]3CCCN(C(=O)CN4CCC[C@H](C)C4)C3)ncc2C1. The summed E-state index contributed by atoms with van der Waals surface area (Å²) in [4.78, 5) is 40.2. The zero-order chi connectivity index (χ0) is 20.4. The van der Waals surface area contributed by atoms with Gasteiger partial charge in [-0.05, 0) is 38.1 Å². The molecule has 2 amide bonds. The minimum atomic E-state index is 0.101. The molecule has 4 rings (SSSR count). The van der Waals surface area contributed by atoms with E-state index >= 15 is 0 Å². The summed E-state index contributed by atoms with van der Waals surface area (Å²) >= 11 is 0. The molecule has 0 unspecified atom stereocenters. The van der Waals surface area contributed by atoms with E-state index in [-0.39, 0.29) is 17.7 Å². The lowest BCUT2D eigenvalue weighted by atomic mass is 9.96. The van der Waals surface area contributed by atoms with E-state index in [2.05, 4.69) is 16.8 Å². The molecule has 0 aliphatic carbocycles. The van der Waals surface area contributed by atoms with Crippen molar-refractivity contribution in [2.24, 2.45) is 5.92 Å². The van der Waals surface area contributed by atoms with Crippen molar-refractivity contribution in [3.63, 3.8) is 0 Å². The van der Waals surface area contributed by atoms with E-state index in [0.29, 0.717) is 19.0 Å². The van der Waals surface area contributed by atoms with Crippen LogP contribution in [0.3, 0.4) is 0 Å². The highest BCUT2D eigenvalue weighted by atomic mass is 16.2. The number of carbonyl (C=O) groups excluding carboxylic acids is 2. The van der Waals surface area contributed by atoms with Crippen LogP contribution >= 0.6 is 0 Å². The first-order valence-corrected chi connectivity index (χ1v) is 11.1. The van der Waals surface area contributed by atoms with Gasteiger partial charge in [-0.25, -0.2) is 9.97 Å². The van der Waals surface area contributed by atoms with E-state index in [0.717, 1.165) is 69.1 Å². The van der Waals surface area contributed by atoms with Crippen LogP contribution in [0.2, 0.25) is 0 Å². The fourth-order valence-corrected chi connectivity index (χ4v) is 4.93. The first kappa shape index (κ1) is 20.3. The fraction of sp³-hybridized carbons (Fsp3) is 0.727. The smallest absolute Gasteiger partial charge is 0.236 e. The van der Waals surface area contributed by atoms with Crippen LogP contribution in [0.5, 0.6) is 0 Å². The molecule has 1 aromatic rings. The summed E-state index contributed by atoms with van der Waals surface area (Å²) in [5.74, 6) is 2.12. The molecule has 7 nitrogen and oxygen atoms in total. The number of amides is 2. The first-order chi connectivity index (χ1) is 14.0. The van der Waals surface area contributed by atoms with E-state index in [9.17, 15) is 9.59 Å². The Hall–Kier alpha value is -2.02. The lowest BCUT2D eigenvalue weighted by molar-refractivity contribution is -0.134. The van der Waals surface area contributed by atoms with Gasteiger partial charge >= 0.3 is 0 Å². The average molecular weight is 400 g/mol. The third kappa shape index (κ3) is 4.77. The number of aromatic nitrogens is 2. The largest absolute Gasteiger partial charge is 0.341 e. The summed E-state index contributed by atoms with van der Waals surface area (Å²) in [6.07, 6.45) is 7.18. The molecule has 0 spiro atoms. The van der Waals surface area contributed by atoms with Gasteiger partial charge in [-0.2, -0.15) is 0 Å². The highest BCUT2D eigenvalue weighted by Crippen LogP contribution is 2.27. The molecule has 3 aliphatic heterocycles. The van der Waals surface area contributed by atoms with Gasteiger partial charge in [0.1, 0.15) is 5.82 Å². The van der Waals surface area contributed by atoms with Gasteiger partial charge in [0.25, 0.3) is 0 Å². The Labute approximate surface area is 173 Å². The summed E-state index contributed by atoms with van der Waals surface area (Å²) in [6.45, 7) is 9.40. The number of carbonyl (C=O) groups is 2. The van der Waals surface area contributed by atoms with Crippen LogP contribution in [0.4, 0.5) is 0 Å². The van der Waals surface area contributed by atoms with E-state index in [1.54, 1.807) is 6.92 Å². The topological polar surface area (TPSA) is 69.6 Å². The Morgan fingerprint density at radius 3 is 2.72 bits per heavy atom. The monoisotopic (exact) mass is 399 g/mol. The van der Waals surface area contributed by atoms with Crippen molar-refractivity contribution in [2.45, 2.75) is 58.4 Å². The Morgan fingerprint density at radius 2 is 1.93 bits per heavy atom. The van der Waals surface area contributed by atoms with Gasteiger partial charge in [0.15, 0.2) is 0 Å². The molecule has 2 fully saturated rings. The van der Waals surface area contributed by atoms with Crippen molar-refractivity contribution in [3.05, 3.63) is 23.3 Å². The first-order valence-electron chi connectivity index (χ1n) is 11.1. The van der Waals surface area contributed by atoms with Crippen LogP contribution in [0.25, 0.3) is 0 Å². The van der Waals surface area contributed by atoms with Gasteiger partial charge in [0.05, 0.1) is 12.2 Å². The van der Waals surface area contributed by atoms with Gasteiger partial charge in [-0.3, -0.25) is 14.5 Å². The van der Waals surface area contributed by atoms with Gasteiger partial charge in [-0.1, -0.05) is 6.92 Å². The predicted octanol–water partition coefficient (Wildman–Crippen LogP) is 1.82. The molecule has 2 atom stereocenters. The number of likely N-dealkylation sites (tertiary alicyclic amines) is 2. The number of nitrogens with zero attached hydrogens (tertiary/aromatic N) is 5. The zero-order valence-corrected chi connectivity index (χ0v) is 17.8. The maximum absolute atomic E-state index is 12.9. The van der Waals surface area contributed by atoms with Crippen molar-refractivity contribution < 1.29 is 9.59 Å². The van der Waals surface area contributed by atoms with Crippen molar-refractivity contribution in [3.8, 4) is 0 Å². The second-order valence-electron chi connectivity index (χ2n) is 9.05. The maximum Gasteiger partial charge on any atom is 0.236 e. The molecule has 0 saturated carbocycles. The van der Waals surface area contributed by atoms with Crippen LogP contribution in [0.1, 0.15) is 62.5 Å². The summed E-state index contributed by atoms with van der Waals surface area (Å²) in [5.41, 5.74) is 2.12. The van der Waals surface area contributed by atoms with Crippen molar-refractivity contribution in [1.29, 1.82) is 0 Å². The molecule has 1 aromatic heterocycles. The third-order valence-corrected chi connectivity index (χ3v) is 6.64. The molecule has 0 N–H and O–H groups in total. The second kappa shape index (κ2) is 8.78. The molecule has 0 radical (unpaired) electrons. The predicted molar refractivity (Wildman–Crippen MR) is 110 cm³/mol. The molecule has 158 valence electrons. The van der Waals surface area contributed by atoms with Crippen molar-refractivity contribution in [1.82, 2.24) is 24.7 Å². The lowest BCUT2D eigenvalue weighted by Crippen LogP contribution is -2.47. The summed E-state index contributed by atoms with van der Waals surface area (Å²) in [5, 5.41) is 0. The van der Waals surface area contributed by atoms with Gasteiger partial charge in [-0.15, -0.1) is 0 Å². The van der Waals surface area contributed by atoms with Crippen LogP contribution in [-0.2, 0) is 22.6 Å². The van der Waals surface area contributed by atoms with Crippen molar-refractivity contribution in [2.75, 3.05) is 39.3 Å². The number of rotatable bonds is 3. The highest BCUT2D eigenvalue weighted by molar-refractivity contribution is 5.78. The normalized spacial score (nSPS) is 25.6. The number of fused-ring (bicyclic) bond motifs is 1. The molecule has 0 aromatic carbocycles. The van der Waals surface area contributed by atoms with E-state index in [1.807, 2.05) is 16.0 Å². The quantitative estimate of drug-likeness (QED) is 0.775. The zero-order valence-electron chi connectivity index (χ0n) is 17.8. The second-order valence-corrected chi connectivity index (χ2v) is 9.05. The molecule has 29 heavy (non-hydrogen) atoms. The lowest BCUT2D eigenvalue weighted by Gasteiger charge is -2.36. The molecular formula is C22H33N5O2. The maximum atomic E-state index is 12.9. The standard InChI is InChI=1S/C22H33N5O2/c1-16-5-3-8-25(12-16)15-21(29)27-9-4-6-18(13-27)22-23-11-19-14-26(17(2)28)10-7-20(19)24-22/h11,16,18H,3-10,12-15H2,1-2H3/t16-,18-/m0/s1. The minimum Gasteiger partial charge on any atom is -0.341 e. The Morgan fingerprint density at radius 1 is 1.10 bits per heavy atom. The summed E-state index contributed by atoms with van der Waals surface area (Å²) < 4.78 is 0. The molecular weight excluding hydrogens is 366 g/mol. The molecule has 3 aliphatic rings. The van der Waals surface area contributed by atoms with Crippen molar-refractivity contribution >= 4 is 11.8 Å². The Kier molecular flexibility index (Phi) is 6.13. The number of hydrogen-bond donors (Lipinski definition) is 0. The van der Waals surface area contributed by atoms with E-state index in [4.69, 9.17) is 4.98 Å². The van der Waals surface area contributed by atoms with E-state index in [1.165, 1.54) is 12.8 Å². The molecule has 0 bridgehead atoms. The van der Waals surface area contributed by atoms with Crippen LogP contribution in [0.15, 0.2) is 6.20 Å². The Balaban J connectivity index is 1.38. The summed E-state index contributed by atoms with van der Waals surface area (Å²) in [7, 11) is 0. The Bertz CT molecular complexity index is 768. The van der Waals surface area contributed by atoms with Crippen LogP contribution in [0, 0.1) is 5.92 Å². The van der Waals surface area contributed by atoms with Gasteiger partial charge in [0.2, 0.25) is 11.8 Å². The molecule has 7 heteroatoms. The van der Waals surface area contributed by atoms with Gasteiger partial charge in [0, 0.05) is 63.7 Å². The fourth-order valence-electron chi connectivity index (χ4n) is 4.93. The number of hydrogen-bond acceptors (Lipinski definition) is 5. The third-order valence-electron chi connectivity index (χ3n) is 6.64. The number of piperidine rings is 2. The van der Waals surface area contributed by atoms with Crippen LogP contribution < -0.4 is 0 Å². The molecule has 4 heterocycles. The van der Waals surface area contributed by atoms with Crippen LogP contribution in [-0.4, -0.2) is 75.8 Å². The highest BCUT2D eigenvalue weighted by Gasteiger charge is 2.29. The van der Waals surface area contributed by atoms with Gasteiger partial charge < -0.3 is 9.80 Å².